The van der Waals surface area contributed by atoms with Crippen molar-refractivity contribution in [2.45, 2.75) is 13.8 Å². The third-order valence-corrected chi connectivity index (χ3v) is 5.37. The van der Waals surface area contributed by atoms with Crippen molar-refractivity contribution >= 4 is 31.5 Å². The fraction of sp³-hybridized carbons (Fsp3) is 0.105. The highest BCUT2D eigenvalue weighted by Gasteiger charge is 2.14. The maximum Gasteiger partial charge on any atom is 0.0719 e. The maximum atomic E-state index is 4.56. The van der Waals surface area contributed by atoms with E-state index >= 15 is 0 Å². The Morgan fingerprint density at radius 2 is 1.62 bits per heavy atom. The van der Waals surface area contributed by atoms with Gasteiger partial charge in [-0.05, 0) is 37.1 Å². The number of benzene rings is 2. The van der Waals surface area contributed by atoms with Crippen LogP contribution in [0.3, 0.4) is 0 Å². The van der Waals surface area contributed by atoms with Crippen molar-refractivity contribution in [3.63, 3.8) is 0 Å². The lowest BCUT2D eigenvalue weighted by Gasteiger charge is -2.06. The van der Waals surface area contributed by atoms with Crippen molar-refractivity contribution in [3.05, 3.63) is 65.9 Å². The smallest absolute Gasteiger partial charge is 0.0719 e. The SMILES string of the molecule is Cc1ccc2c(sc3c(C)cccc32)c1-c1ccccn1. The molecule has 21 heavy (non-hydrogen) atoms. The largest absolute Gasteiger partial charge is 0.256 e. The molecule has 0 spiro atoms. The fourth-order valence-electron chi connectivity index (χ4n) is 2.93. The van der Waals surface area contributed by atoms with Crippen LogP contribution in [0, 0.1) is 13.8 Å². The molecule has 4 rings (SSSR count). The van der Waals surface area contributed by atoms with Gasteiger partial charge in [-0.25, -0.2) is 0 Å². The molecule has 2 aromatic heterocycles. The van der Waals surface area contributed by atoms with Crippen molar-refractivity contribution in [2.75, 3.05) is 0 Å². The summed E-state index contributed by atoms with van der Waals surface area (Å²) in [6, 6.07) is 17.1. The molecule has 2 heteroatoms. The zero-order valence-corrected chi connectivity index (χ0v) is 12.9. The van der Waals surface area contributed by atoms with Crippen LogP contribution >= 0.6 is 11.3 Å². The number of hydrogen-bond acceptors (Lipinski definition) is 2. The summed E-state index contributed by atoms with van der Waals surface area (Å²) in [5, 5.41) is 2.69. The molecule has 0 amide bonds. The van der Waals surface area contributed by atoms with Gasteiger partial charge >= 0.3 is 0 Å². The quantitative estimate of drug-likeness (QED) is 0.436. The number of fused-ring (bicyclic) bond motifs is 3. The first-order valence-corrected chi connectivity index (χ1v) is 7.90. The van der Waals surface area contributed by atoms with Crippen molar-refractivity contribution in [1.29, 1.82) is 0 Å². The first-order chi connectivity index (χ1) is 10.3. The van der Waals surface area contributed by atoms with Crippen molar-refractivity contribution in [2.24, 2.45) is 0 Å². The van der Waals surface area contributed by atoms with Crippen molar-refractivity contribution < 1.29 is 0 Å². The molecule has 4 aromatic rings. The van der Waals surface area contributed by atoms with Gasteiger partial charge in [0.15, 0.2) is 0 Å². The number of aromatic nitrogens is 1. The summed E-state index contributed by atoms with van der Waals surface area (Å²) in [5.41, 5.74) is 4.96. The van der Waals surface area contributed by atoms with E-state index < -0.39 is 0 Å². The van der Waals surface area contributed by atoms with Gasteiger partial charge in [-0.1, -0.05) is 36.4 Å². The molecule has 0 N–H and O–H groups in total. The van der Waals surface area contributed by atoms with E-state index in [0.29, 0.717) is 0 Å². The summed E-state index contributed by atoms with van der Waals surface area (Å²) in [5.74, 6) is 0. The summed E-state index contributed by atoms with van der Waals surface area (Å²) in [6.07, 6.45) is 1.87. The Hall–Kier alpha value is -2.19. The highest BCUT2D eigenvalue weighted by atomic mass is 32.1. The van der Waals surface area contributed by atoms with E-state index in [1.54, 1.807) is 0 Å². The van der Waals surface area contributed by atoms with Gasteiger partial charge in [-0.2, -0.15) is 0 Å². The molecule has 0 atom stereocenters. The van der Waals surface area contributed by atoms with Crippen molar-refractivity contribution in [3.8, 4) is 11.3 Å². The molecule has 1 nitrogen and oxygen atoms in total. The van der Waals surface area contributed by atoms with Crippen LogP contribution in [0.2, 0.25) is 0 Å². The van der Waals surface area contributed by atoms with Gasteiger partial charge < -0.3 is 0 Å². The third-order valence-electron chi connectivity index (χ3n) is 3.99. The van der Waals surface area contributed by atoms with E-state index in [1.165, 1.54) is 36.9 Å². The zero-order chi connectivity index (χ0) is 14.4. The highest BCUT2D eigenvalue weighted by Crippen LogP contribution is 2.41. The van der Waals surface area contributed by atoms with Crippen LogP contribution in [-0.2, 0) is 0 Å². The molecule has 0 fully saturated rings. The Labute approximate surface area is 127 Å². The van der Waals surface area contributed by atoms with Gasteiger partial charge in [0.2, 0.25) is 0 Å². The average Bonchev–Trinajstić information content (AvgIpc) is 2.88. The molecule has 2 aromatic carbocycles. The lowest BCUT2D eigenvalue weighted by atomic mass is 10.0. The fourth-order valence-corrected chi connectivity index (χ4v) is 4.31. The van der Waals surface area contributed by atoms with Crippen LogP contribution in [0.5, 0.6) is 0 Å². The molecule has 0 aliphatic heterocycles. The van der Waals surface area contributed by atoms with Crippen LogP contribution in [0.1, 0.15) is 11.1 Å². The minimum absolute atomic E-state index is 1.06. The molecule has 0 aliphatic carbocycles. The normalized spacial score (nSPS) is 11.3. The molecule has 0 unspecified atom stereocenters. The molecule has 0 saturated carbocycles. The van der Waals surface area contributed by atoms with Gasteiger partial charge in [-0.15, -0.1) is 11.3 Å². The standard InChI is InChI=1S/C19H15NS/c1-12-9-10-15-14-7-5-6-13(2)18(14)21-19(15)17(12)16-8-3-4-11-20-16/h3-11H,1-2H3. The number of hydrogen-bond donors (Lipinski definition) is 0. The highest BCUT2D eigenvalue weighted by molar-refractivity contribution is 7.26. The summed E-state index contributed by atoms with van der Waals surface area (Å²) >= 11 is 1.88. The molecule has 0 aliphatic rings. The Balaban J connectivity index is 2.18. The minimum Gasteiger partial charge on any atom is -0.256 e. The molecular formula is C19H15NS. The minimum atomic E-state index is 1.06. The number of nitrogens with zero attached hydrogens (tertiary/aromatic N) is 1. The van der Waals surface area contributed by atoms with Crippen LogP contribution < -0.4 is 0 Å². The molecule has 0 saturated heterocycles. The number of aryl methyl sites for hydroxylation is 2. The molecular weight excluding hydrogens is 274 g/mol. The summed E-state index contributed by atoms with van der Waals surface area (Å²) in [7, 11) is 0. The monoisotopic (exact) mass is 289 g/mol. The summed E-state index contributed by atoms with van der Waals surface area (Å²) < 4.78 is 2.73. The van der Waals surface area contributed by atoms with E-state index in [1.807, 2.05) is 23.6 Å². The Morgan fingerprint density at radius 1 is 0.762 bits per heavy atom. The number of pyridine rings is 1. The lowest BCUT2D eigenvalue weighted by molar-refractivity contribution is 1.32. The second-order valence-electron chi connectivity index (χ2n) is 5.40. The van der Waals surface area contributed by atoms with E-state index in [2.05, 4.69) is 61.3 Å². The third kappa shape index (κ3) is 1.87. The van der Waals surface area contributed by atoms with Gasteiger partial charge in [-0.3, -0.25) is 4.98 Å². The van der Waals surface area contributed by atoms with E-state index in [0.717, 1.165) is 5.69 Å². The molecule has 0 bridgehead atoms. The van der Waals surface area contributed by atoms with E-state index in [4.69, 9.17) is 0 Å². The van der Waals surface area contributed by atoms with Crippen LogP contribution in [0.15, 0.2) is 54.7 Å². The zero-order valence-electron chi connectivity index (χ0n) is 12.1. The van der Waals surface area contributed by atoms with Crippen LogP contribution in [0.4, 0.5) is 0 Å². The predicted molar refractivity (Wildman–Crippen MR) is 92.0 cm³/mol. The Morgan fingerprint density at radius 3 is 2.43 bits per heavy atom. The Bertz CT molecular complexity index is 952. The maximum absolute atomic E-state index is 4.56. The molecule has 102 valence electrons. The van der Waals surface area contributed by atoms with Crippen LogP contribution in [0.25, 0.3) is 31.4 Å². The number of thiophene rings is 1. The lowest BCUT2D eigenvalue weighted by Crippen LogP contribution is -1.86. The average molecular weight is 289 g/mol. The topological polar surface area (TPSA) is 12.9 Å². The van der Waals surface area contributed by atoms with Crippen LogP contribution in [-0.4, -0.2) is 4.98 Å². The summed E-state index contributed by atoms with van der Waals surface area (Å²) in [4.78, 5) is 4.56. The Kier molecular flexibility index (Phi) is 2.79. The van der Waals surface area contributed by atoms with Gasteiger partial charge in [0, 0.05) is 31.9 Å². The molecule has 2 heterocycles. The molecule has 0 radical (unpaired) electrons. The first-order valence-electron chi connectivity index (χ1n) is 7.08. The number of rotatable bonds is 1. The van der Waals surface area contributed by atoms with E-state index in [-0.39, 0.29) is 0 Å². The first kappa shape index (κ1) is 12.5. The van der Waals surface area contributed by atoms with Gasteiger partial charge in [0.05, 0.1) is 5.69 Å². The summed E-state index contributed by atoms with van der Waals surface area (Å²) in [6.45, 7) is 4.35. The van der Waals surface area contributed by atoms with E-state index in [9.17, 15) is 0 Å². The van der Waals surface area contributed by atoms with Gasteiger partial charge in [0.1, 0.15) is 0 Å². The second-order valence-corrected chi connectivity index (χ2v) is 6.42. The predicted octanol–water partition coefficient (Wildman–Crippen LogP) is 5.73. The van der Waals surface area contributed by atoms with Crippen molar-refractivity contribution in [1.82, 2.24) is 4.98 Å². The van der Waals surface area contributed by atoms with Gasteiger partial charge in [0.25, 0.3) is 0 Å². The second kappa shape index (κ2) is 4.68.